The number of benzene rings is 1. The van der Waals surface area contributed by atoms with Gasteiger partial charge < -0.3 is 25.5 Å². The molecule has 0 aliphatic carbocycles. The molecule has 7 heteroatoms. The number of carbonyl (C=O) groups excluding carboxylic acids is 1. The third-order valence-corrected chi connectivity index (χ3v) is 4.01. The van der Waals surface area contributed by atoms with Crippen molar-refractivity contribution < 1.29 is 19.4 Å². The molecule has 0 saturated carbocycles. The number of aromatic amines is 1. The van der Waals surface area contributed by atoms with Gasteiger partial charge in [-0.25, -0.2) is 9.59 Å². The van der Waals surface area contributed by atoms with E-state index in [1.54, 1.807) is 0 Å². The molecule has 4 N–H and O–H groups in total. The van der Waals surface area contributed by atoms with Crippen molar-refractivity contribution in [3.05, 3.63) is 35.0 Å². The number of rotatable bonds is 6. The smallest absolute Gasteiger partial charge is 0.407 e. The number of hydrogen-bond acceptors (Lipinski definition) is 4. The Morgan fingerprint density at radius 3 is 3.00 bits per heavy atom. The van der Waals surface area contributed by atoms with Crippen molar-refractivity contribution >= 4 is 23.0 Å². The van der Waals surface area contributed by atoms with Gasteiger partial charge in [-0.2, -0.15) is 0 Å². The summed E-state index contributed by atoms with van der Waals surface area (Å²) < 4.78 is 4.89. The molecular weight excluding hydrogens is 310 g/mol. The number of terminal acetylenes is 1. The van der Waals surface area contributed by atoms with E-state index in [-0.39, 0.29) is 11.7 Å². The van der Waals surface area contributed by atoms with Crippen LogP contribution in [0.2, 0.25) is 0 Å². The molecule has 1 aliphatic rings. The molecule has 1 amide bonds. The fourth-order valence-corrected chi connectivity index (χ4v) is 2.94. The maximum atomic E-state index is 11.5. The highest BCUT2D eigenvalue weighted by Crippen LogP contribution is 2.25. The first-order chi connectivity index (χ1) is 11.6. The fraction of sp³-hybridized carbons (Fsp3) is 0.294. The molecular formula is C17H17N3O4. The van der Waals surface area contributed by atoms with Crippen molar-refractivity contribution in [3.63, 3.8) is 0 Å². The summed E-state index contributed by atoms with van der Waals surface area (Å²) in [4.78, 5) is 25.5. The summed E-state index contributed by atoms with van der Waals surface area (Å²) >= 11 is 0. The molecule has 1 atom stereocenters. The molecule has 0 bridgehead atoms. The van der Waals surface area contributed by atoms with Gasteiger partial charge in [-0.15, -0.1) is 0 Å². The second kappa shape index (κ2) is 6.54. The molecule has 24 heavy (non-hydrogen) atoms. The van der Waals surface area contributed by atoms with Gasteiger partial charge in [-0.05, 0) is 36.1 Å². The van der Waals surface area contributed by atoms with Crippen molar-refractivity contribution in [1.82, 2.24) is 15.6 Å². The average Bonchev–Trinajstić information content (AvgIpc) is 3.11. The van der Waals surface area contributed by atoms with Crippen LogP contribution in [0.15, 0.2) is 18.2 Å². The van der Waals surface area contributed by atoms with E-state index in [9.17, 15) is 14.7 Å². The molecule has 0 radical (unpaired) electrons. The highest BCUT2D eigenvalue weighted by atomic mass is 16.6. The van der Waals surface area contributed by atoms with E-state index in [0.29, 0.717) is 31.6 Å². The number of carbonyl (C=O) groups is 2. The topological polar surface area (TPSA) is 103 Å². The predicted octanol–water partition coefficient (Wildman–Crippen LogP) is 1.24. The summed E-state index contributed by atoms with van der Waals surface area (Å²) in [5.41, 5.74) is 2.66. The second-order valence-corrected chi connectivity index (χ2v) is 5.63. The van der Waals surface area contributed by atoms with Crippen LogP contribution in [-0.4, -0.2) is 41.3 Å². The maximum absolute atomic E-state index is 11.5. The summed E-state index contributed by atoms with van der Waals surface area (Å²) in [6.07, 6.45) is 5.89. The van der Waals surface area contributed by atoms with Crippen LogP contribution in [0.4, 0.5) is 4.79 Å². The van der Waals surface area contributed by atoms with Crippen LogP contribution in [-0.2, 0) is 17.6 Å². The molecule has 1 unspecified atom stereocenters. The minimum Gasteiger partial charge on any atom is -0.477 e. The van der Waals surface area contributed by atoms with Crippen molar-refractivity contribution in [2.24, 2.45) is 0 Å². The molecule has 1 aromatic carbocycles. The van der Waals surface area contributed by atoms with E-state index in [2.05, 4.69) is 21.7 Å². The first-order valence-electron chi connectivity index (χ1n) is 7.57. The van der Waals surface area contributed by atoms with E-state index in [1.807, 2.05) is 18.2 Å². The number of alkyl carbamates (subject to hydrolysis) is 1. The Hall–Kier alpha value is -3.14. The third kappa shape index (κ3) is 3.13. The number of H-pyrrole nitrogens is 1. The molecule has 2 heterocycles. The van der Waals surface area contributed by atoms with E-state index < -0.39 is 12.1 Å². The van der Waals surface area contributed by atoms with Crippen molar-refractivity contribution in [1.29, 1.82) is 0 Å². The van der Waals surface area contributed by atoms with Crippen molar-refractivity contribution in [2.45, 2.75) is 18.9 Å². The number of cyclic esters (lactones) is 1. The highest BCUT2D eigenvalue weighted by Gasteiger charge is 2.23. The number of nitrogens with one attached hydrogen (secondary N) is 3. The van der Waals surface area contributed by atoms with Gasteiger partial charge in [0.05, 0.1) is 6.04 Å². The quantitative estimate of drug-likeness (QED) is 0.363. The first kappa shape index (κ1) is 15.7. The lowest BCUT2D eigenvalue weighted by Crippen LogP contribution is -2.28. The van der Waals surface area contributed by atoms with Crippen LogP contribution in [0.5, 0.6) is 0 Å². The standard InChI is InChI=1S/C17H17N3O4/c1-2-18-6-5-12-13-8-10(7-11-9-24-17(23)19-11)3-4-14(13)20-15(12)16(21)22/h1,3-4,8,11,18,20H,5-7,9H2,(H,19,23)(H,21,22). The largest absolute Gasteiger partial charge is 0.477 e. The van der Waals surface area contributed by atoms with E-state index >= 15 is 0 Å². The Labute approximate surface area is 138 Å². The number of carboxylic acids is 1. The minimum absolute atomic E-state index is 0.0700. The molecule has 3 rings (SSSR count). The van der Waals surface area contributed by atoms with Gasteiger partial charge in [-0.3, -0.25) is 0 Å². The van der Waals surface area contributed by atoms with Gasteiger partial charge in [0.2, 0.25) is 0 Å². The zero-order valence-corrected chi connectivity index (χ0v) is 12.9. The molecule has 124 valence electrons. The number of ether oxygens (including phenoxy) is 1. The summed E-state index contributed by atoms with van der Waals surface area (Å²) in [5.74, 6) is -1.00. The van der Waals surface area contributed by atoms with Crippen molar-refractivity contribution in [2.75, 3.05) is 13.2 Å². The Bertz CT molecular complexity index is 834. The van der Waals surface area contributed by atoms with Crippen LogP contribution in [0.1, 0.15) is 21.6 Å². The normalized spacial score (nSPS) is 16.5. The van der Waals surface area contributed by atoms with Gasteiger partial charge in [-0.1, -0.05) is 12.5 Å². The lowest BCUT2D eigenvalue weighted by atomic mass is 10.0. The van der Waals surface area contributed by atoms with Crippen LogP contribution in [0.3, 0.4) is 0 Å². The zero-order valence-electron chi connectivity index (χ0n) is 12.9. The SMILES string of the molecule is C#CNCCc1c(C(=O)O)[nH]c2ccc(CC3COC(=O)N3)cc12. The van der Waals surface area contributed by atoms with E-state index in [1.165, 1.54) is 0 Å². The lowest BCUT2D eigenvalue weighted by Gasteiger charge is -2.08. The van der Waals surface area contributed by atoms with Crippen LogP contribution >= 0.6 is 0 Å². The number of amides is 1. The highest BCUT2D eigenvalue weighted by molar-refractivity contribution is 5.97. The summed E-state index contributed by atoms with van der Waals surface area (Å²) in [5, 5.41) is 15.7. The third-order valence-electron chi connectivity index (χ3n) is 4.01. The number of fused-ring (bicyclic) bond motifs is 1. The molecule has 2 aromatic rings. The van der Waals surface area contributed by atoms with Gasteiger partial charge in [0, 0.05) is 23.5 Å². The molecule has 1 saturated heterocycles. The summed E-state index contributed by atoms with van der Waals surface area (Å²) in [6, 6.07) is 7.98. The molecule has 1 aromatic heterocycles. The van der Waals surface area contributed by atoms with Crippen LogP contribution in [0, 0.1) is 12.5 Å². The number of aromatic nitrogens is 1. The van der Waals surface area contributed by atoms with Gasteiger partial charge in [0.15, 0.2) is 0 Å². The molecule has 7 nitrogen and oxygen atoms in total. The maximum Gasteiger partial charge on any atom is 0.407 e. The van der Waals surface area contributed by atoms with E-state index in [0.717, 1.165) is 16.5 Å². The molecule has 1 fully saturated rings. The van der Waals surface area contributed by atoms with E-state index in [4.69, 9.17) is 11.2 Å². The molecule has 0 spiro atoms. The monoisotopic (exact) mass is 327 g/mol. The molecule has 1 aliphatic heterocycles. The summed E-state index contributed by atoms with van der Waals surface area (Å²) in [7, 11) is 0. The van der Waals surface area contributed by atoms with Gasteiger partial charge in [0.25, 0.3) is 0 Å². The second-order valence-electron chi connectivity index (χ2n) is 5.63. The lowest BCUT2D eigenvalue weighted by molar-refractivity contribution is 0.0690. The Kier molecular flexibility index (Phi) is 4.29. The predicted molar refractivity (Wildman–Crippen MR) is 87.8 cm³/mol. The Balaban J connectivity index is 1.91. The zero-order chi connectivity index (χ0) is 17.1. The number of carboxylic acid groups (broad SMARTS) is 1. The fourth-order valence-electron chi connectivity index (χ4n) is 2.94. The van der Waals surface area contributed by atoms with Crippen LogP contribution in [0.25, 0.3) is 10.9 Å². The van der Waals surface area contributed by atoms with Crippen molar-refractivity contribution in [3.8, 4) is 12.5 Å². The average molecular weight is 327 g/mol. The first-order valence-corrected chi connectivity index (χ1v) is 7.57. The van der Waals surface area contributed by atoms with Gasteiger partial charge >= 0.3 is 12.1 Å². The Morgan fingerprint density at radius 1 is 1.50 bits per heavy atom. The Morgan fingerprint density at radius 2 is 2.33 bits per heavy atom. The number of aromatic carboxylic acids is 1. The number of hydrogen-bond donors (Lipinski definition) is 4. The van der Waals surface area contributed by atoms with Crippen LogP contribution < -0.4 is 10.6 Å². The minimum atomic E-state index is -1.00. The van der Waals surface area contributed by atoms with Gasteiger partial charge in [0.1, 0.15) is 12.3 Å². The summed E-state index contributed by atoms with van der Waals surface area (Å²) in [6.45, 7) is 0.823.